The predicted molar refractivity (Wildman–Crippen MR) is 189 cm³/mol. The molecular formula is C43H33N3. The predicted octanol–water partition coefficient (Wildman–Crippen LogP) is 10.4. The largest absolute Gasteiger partial charge is 0.278 e. The van der Waals surface area contributed by atoms with Crippen LogP contribution in [-0.2, 0) is 11.8 Å². The molecular weight excluding hydrogens is 558 g/mol. The molecule has 220 valence electrons. The first-order chi connectivity index (χ1) is 22.8. The van der Waals surface area contributed by atoms with Crippen LogP contribution in [0.2, 0.25) is 0 Å². The number of fused-ring (bicyclic) bond motifs is 9. The minimum Gasteiger partial charge on any atom is -0.278 e. The summed E-state index contributed by atoms with van der Waals surface area (Å²) >= 11 is 0. The molecule has 0 radical (unpaired) electrons. The standard InChI is InChI=1S/C43H33N3/c1-3-13-28(14-4-1)30-21-22-39-34(25-30)35-26-37-33(31-17-7-9-19-36(31)43(37)23-11-12-24-43)27-40(35)46(39)42-44-38-20-10-8-18-32(38)41(45-42)29-15-5-2-6-16-29/h1-10,13-22,25,27,37H,11-12,23-24,26H2. The zero-order valence-electron chi connectivity index (χ0n) is 25.7. The van der Waals surface area contributed by atoms with E-state index in [-0.39, 0.29) is 5.41 Å². The summed E-state index contributed by atoms with van der Waals surface area (Å²) in [7, 11) is 0. The van der Waals surface area contributed by atoms with Gasteiger partial charge in [-0.1, -0.05) is 122 Å². The lowest BCUT2D eigenvalue weighted by Crippen LogP contribution is -2.30. The zero-order valence-corrected chi connectivity index (χ0v) is 25.7. The maximum atomic E-state index is 5.38. The van der Waals surface area contributed by atoms with Crippen molar-refractivity contribution >= 4 is 33.5 Å². The first-order valence-corrected chi connectivity index (χ1v) is 16.7. The maximum Gasteiger partial charge on any atom is 0.235 e. The van der Waals surface area contributed by atoms with E-state index in [4.69, 9.17) is 9.97 Å². The van der Waals surface area contributed by atoms with Crippen LogP contribution in [0.1, 0.15) is 48.1 Å². The Labute approximate surface area is 268 Å². The smallest absolute Gasteiger partial charge is 0.235 e. The van der Waals surface area contributed by atoms with Crippen LogP contribution in [0.25, 0.3) is 61.8 Å². The summed E-state index contributed by atoms with van der Waals surface area (Å²) in [6, 6.07) is 46.0. The molecule has 1 unspecified atom stereocenters. The molecule has 1 saturated carbocycles. The Kier molecular flexibility index (Phi) is 5.57. The molecule has 7 aromatic rings. The van der Waals surface area contributed by atoms with Crippen molar-refractivity contribution in [3.8, 4) is 28.3 Å². The summed E-state index contributed by atoms with van der Waals surface area (Å²) in [4.78, 5) is 10.6. The topological polar surface area (TPSA) is 30.7 Å². The second-order valence-electron chi connectivity index (χ2n) is 13.3. The van der Waals surface area contributed by atoms with Crippen molar-refractivity contribution in [3.05, 3.63) is 150 Å². The van der Waals surface area contributed by atoms with E-state index in [0.717, 1.165) is 34.5 Å². The first kappa shape index (κ1) is 26.0. The van der Waals surface area contributed by atoms with Gasteiger partial charge in [-0.15, -0.1) is 0 Å². The molecule has 3 nitrogen and oxygen atoms in total. The average Bonchev–Trinajstić information content (AvgIpc) is 3.81. The first-order valence-electron chi connectivity index (χ1n) is 16.7. The van der Waals surface area contributed by atoms with Gasteiger partial charge in [0.15, 0.2) is 0 Å². The number of nitrogens with zero attached hydrogens (tertiary/aromatic N) is 3. The lowest BCUT2D eigenvalue weighted by Gasteiger charge is -2.34. The lowest BCUT2D eigenvalue weighted by atomic mass is 9.68. The van der Waals surface area contributed by atoms with Crippen LogP contribution in [0.5, 0.6) is 0 Å². The molecule has 0 amide bonds. The molecule has 1 atom stereocenters. The van der Waals surface area contributed by atoms with Gasteiger partial charge in [-0.25, -0.2) is 9.97 Å². The van der Waals surface area contributed by atoms with Gasteiger partial charge in [0.1, 0.15) is 0 Å². The number of hydrogen-bond acceptors (Lipinski definition) is 2. The second-order valence-corrected chi connectivity index (χ2v) is 13.3. The van der Waals surface area contributed by atoms with Crippen LogP contribution in [0.4, 0.5) is 0 Å². The highest BCUT2D eigenvalue weighted by molar-refractivity contribution is 6.00. The average molecular weight is 592 g/mol. The molecule has 3 aliphatic rings. The molecule has 1 fully saturated rings. The van der Waals surface area contributed by atoms with Crippen molar-refractivity contribution in [2.24, 2.45) is 5.92 Å². The van der Waals surface area contributed by atoms with E-state index >= 15 is 0 Å². The molecule has 2 heterocycles. The van der Waals surface area contributed by atoms with Crippen LogP contribution in [0.15, 0.2) is 127 Å². The van der Waals surface area contributed by atoms with Crippen molar-refractivity contribution < 1.29 is 0 Å². The molecule has 2 aromatic heterocycles. The quantitative estimate of drug-likeness (QED) is 0.205. The Morgan fingerprint density at radius 3 is 2.17 bits per heavy atom. The summed E-state index contributed by atoms with van der Waals surface area (Å²) in [5.41, 5.74) is 14.1. The normalized spacial score (nSPS) is 17.7. The zero-order chi connectivity index (χ0) is 30.2. The molecule has 1 spiro atoms. The minimum absolute atomic E-state index is 0.242. The number of allylic oxidation sites excluding steroid dienone is 1. The van der Waals surface area contributed by atoms with Gasteiger partial charge in [0.05, 0.1) is 22.4 Å². The van der Waals surface area contributed by atoms with E-state index < -0.39 is 0 Å². The Morgan fingerprint density at radius 2 is 1.35 bits per heavy atom. The molecule has 10 rings (SSSR count). The Morgan fingerprint density at radius 1 is 0.630 bits per heavy atom. The number of benzene rings is 5. The van der Waals surface area contributed by atoms with Gasteiger partial charge >= 0.3 is 0 Å². The van der Waals surface area contributed by atoms with Gasteiger partial charge in [-0.2, -0.15) is 0 Å². The SMILES string of the molecule is C1=C2c3ccccc3C3(CCCC3)C2Cc2c1n(-c1nc(-c3ccccc3)c3ccccc3n1)c1ccc(-c3ccccc3)cc21. The molecule has 0 bridgehead atoms. The summed E-state index contributed by atoms with van der Waals surface area (Å²) < 4.78 is 2.35. The van der Waals surface area contributed by atoms with Crippen LogP contribution < -0.4 is 0 Å². The van der Waals surface area contributed by atoms with Crippen molar-refractivity contribution in [1.82, 2.24) is 14.5 Å². The Hall–Kier alpha value is -5.28. The Balaban J connectivity index is 1.27. The number of para-hydroxylation sites is 1. The fourth-order valence-electron chi connectivity index (χ4n) is 9.05. The van der Waals surface area contributed by atoms with E-state index in [2.05, 4.69) is 138 Å². The fraction of sp³-hybridized carbons (Fsp3) is 0.163. The van der Waals surface area contributed by atoms with E-state index in [9.17, 15) is 0 Å². The summed E-state index contributed by atoms with van der Waals surface area (Å²) in [6.45, 7) is 0. The third-order valence-corrected chi connectivity index (χ3v) is 11.1. The van der Waals surface area contributed by atoms with E-state index in [1.807, 2.05) is 0 Å². The van der Waals surface area contributed by atoms with E-state index in [1.165, 1.54) is 70.1 Å². The monoisotopic (exact) mass is 591 g/mol. The highest BCUT2D eigenvalue weighted by atomic mass is 15.2. The molecule has 3 heteroatoms. The van der Waals surface area contributed by atoms with Crippen LogP contribution in [0, 0.1) is 5.92 Å². The Bertz CT molecular complexity index is 2340. The summed E-state index contributed by atoms with van der Waals surface area (Å²) in [5.74, 6) is 1.23. The molecule has 5 aromatic carbocycles. The molecule has 0 aliphatic heterocycles. The molecule has 46 heavy (non-hydrogen) atoms. The number of hydrogen-bond donors (Lipinski definition) is 0. The fourth-order valence-corrected chi connectivity index (χ4v) is 9.05. The molecule has 3 aliphatic carbocycles. The summed E-state index contributed by atoms with van der Waals surface area (Å²) in [5, 5.41) is 2.38. The second kappa shape index (κ2) is 9.86. The molecule has 0 N–H and O–H groups in total. The van der Waals surface area contributed by atoms with Crippen molar-refractivity contribution in [3.63, 3.8) is 0 Å². The van der Waals surface area contributed by atoms with Crippen molar-refractivity contribution in [1.29, 1.82) is 0 Å². The highest BCUT2D eigenvalue weighted by Crippen LogP contribution is 2.61. The third-order valence-electron chi connectivity index (χ3n) is 11.1. The van der Waals surface area contributed by atoms with E-state index in [0.29, 0.717) is 5.92 Å². The minimum atomic E-state index is 0.242. The van der Waals surface area contributed by atoms with Gasteiger partial charge in [0.25, 0.3) is 0 Å². The number of aromatic nitrogens is 3. The highest BCUT2D eigenvalue weighted by Gasteiger charge is 2.52. The van der Waals surface area contributed by atoms with Crippen LogP contribution >= 0.6 is 0 Å². The van der Waals surface area contributed by atoms with E-state index in [1.54, 1.807) is 5.56 Å². The van der Waals surface area contributed by atoms with Gasteiger partial charge in [0, 0.05) is 21.8 Å². The van der Waals surface area contributed by atoms with Gasteiger partial charge in [0.2, 0.25) is 5.95 Å². The maximum absolute atomic E-state index is 5.38. The lowest BCUT2D eigenvalue weighted by molar-refractivity contribution is 0.348. The van der Waals surface area contributed by atoms with Gasteiger partial charge < -0.3 is 0 Å². The summed E-state index contributed by atoms with van der Waals surface area (Å²) in [6.07, 6.45) is 8.75. The van der Waals surface area contributed by atoms with Gasteiger partial charge in [-0.05, 0) is 82.8 Å². The molecule has 0 saturated heterocycles. The third kappa shape index (κ3) is 3.66. The van der Waals surface area contributed by atoms with Crippen LogP contribution in [-0.4, -0.2) is 14.5 Å². The van der Waals surface area contributed by atoms with Crippen molar-refractivity contribution in [2.45, 2.75) is 37.5 Å². The number of rotatable bonds is 3. The van der Waals surface area contributed by atoms with Gasteiger partial charge in [-0.3, -0.25) is 4.57 Å². The van der Waals surface area contributed by atoms with Crippen LogP contribution in [0.3, 0.4) is 0 Å². The van der Waals surface area contributed by atoms with Crippen molar-refractivity contribution in [2.75, 3.05) is 0 Å².